The van der Waals surface area contributed by atoms with Crippen molar-refractivity contribution < 1.29 is 13.9 Å². The fourth-order valence-electron chi connectivity index (χ4n) is 6.47. The monoisotopic (exact) mass is 436 g/mol. The lowest BCUT2D eigenvalue weighted by atomic mass is 9.67. The molecule has 32 heavy (non-hydrogen) atoms. The largest absolute Gasteiger partial charge is 0.497 e. The number of piperidine rings is 1. The smallest absolute Gasteiger partial charge is 0.227 e. The van der Waals surface area contributed by atoms with Gasteiger partial charge in [0.25, 0.3) is 0 Å². The number of carbonyl (C=O) groups is 1. The molecule has 2 heterocycles. The van der Waals surface area contributed by atoms with Gasteiger partial charge in [0.05, 0.1) is 12.5 Å². The van der Waals surface area contributed by atoms with Crippen LogP contribution in [0.1, 0.15) is 61.5 Å². The fourth-order valence-corrected chi connectivity index (χ4v) is 6.47. The number of halogens is 1. The van der Waals surface area contributed by atoms with E-state index >= 15 is 0 Å². The highest BCUT2D eigenvalue weighted by Gasteiger charge is 2.52. The number of carbonyl (C=O) groups excluding carboxylic acids is 1. The summed E-state index contributed by atoms with van der Waals surface area (Å²) >= 11 is 0. The van der Waals surface area contributed by atoms with Crippen molar-refractivity contribution in [2.75, 3.05) is 26.7 Å². The predicted molar refractivity (Wildman–Crippen MR) is 123 cm³/mol. The number of hydrogen-bond acceptors (Lipinski definition) is 3. The van der Waals surface area contributed by atoms with Gasteiger partial charge in [0.2, 0.25) is 5.91 Å². The molecule has 5 heteroatoms. The van der Waals surface area contributed by atoms with Crippen LogP contribution in [0.5, 0.6) is 5.75 Å². The van der Waals surface area contributed by atoms with E-state index < -0.39 is 0 Å². The van der Waals surface area contributed by atoms with E-state index in [4.69, 9.17) is 4.74 Å². The topological polar surface area (TPSA) is 41.6 Å². The first-order valence-electron chi connectivity index (χ1n) is 12.0. The maximum Gasteiger partial charge on any atom is 0.227 e. The van der Waals surface area contributed by atoms with Crippen LogP contribution < -0.4 is 10.1 Å². The Labute approximate surface area is 190 Å². The number of likely N-dealkylation sites (tertiary alicyclic amines) is 1. The first kappa shape index (κ1) is 21.4. The Hall–Kier alpha value is -2.40. The molecule has 1 aliphatic carbocycles. The van der Waals surface area contributed by atoms with Gasteiger partial charge in [-0.1, -0.05) is 37.1 Å². The summed E-state index contributed by atoms with van der Waals surface area (Å²) in [5.41, 5.74) is 2.16. The van der Waals surface area contributed by atoms with Gasteiger partial charge in [-0.05, 0) is 80.1 Å². The average Bonchev–Trinajstić information content (AvgIpc) is 3.15. The molecule has 0 bridgehead atoms. The van der Waals surface area contributed by atoms with Crippen molar-refractivity contribution >= 4 is 5.91 Å². The van der Waals surface area contributed by atoms with E-state index in [0.717, 1.165) is 38.1 Å². The van der Waals surface area contributed by atoms with Crippen LogP contribution in [-0.2, 0) is 4.79 Å². The lowest BCUT2D eigenvalue weighted by Crippen LogP contribution is -2.51. The molecular formula is C27H33FN2O2. The number of nitrogens with one attached hydrogen (secondary N) is 1. The van der Waals surface area contributed by atoms with Gasteiger partial charge in [-0.2, -0.15) is 0 Å². The van der Waals surface area contributed by atoms with Crippen molar-refractivity contribution in [3.63, 3.8) is 0 Å². The minimum Gasteiger partial charge on any atom is -0.497 e. The lowest BCUT2D eigenvalue weighted by Gasteiger charge is -2.47. The quantitative estimate of drug-likeness (QED) is 0.745. The molecular weight excluding hydrogens is 403 g/mol. The summed E-state index contributed by atoms with van der Waals surface area (Å²) in [6, 6.07) is 15.8. The van der Waals surface area contributed by atoms with Crippen molar-refractivity contribution in [3.05, 3.63) is 65.5 Å². The Morgan fingerprint density at radius 2 is 1.62 bits per heavy atom. The molecule has 4 nitrogen and oxygen atoms in total. The zero-order chi connectivity index (χ0) is 22.1. The van der Waals surface area contributed by atoms with E-state index in [0.29, 0.717) is 18.5 Å². The lowest BCUT2D eigenvalue weighted by molar-refractivity contribution is -0.131. The Morgan fingerprint density at radius 1 is 0.969 bits per heavy atom. The fraction of sp³-hybridized carbons (Fsp3) is 0.519. The van der Waals surface area contributed by atoms with Crippen LogP contribution in [0.15, 0.2) is 48.5 Å². The van der Waals surface area contributed by atoms with Crippen LogP contribution in [0.25, 0.3) is 0 Å². The van der Waals surface area contributed by atoms with Crippen molar-refractivity contribution in [1.29, 1.82) is 0 Å². The van der Waals surface area contributed by atoms with Gasteiger partial charge in [0.1, 0.15) is 11.6 Å². The van der Waals surface area contributed by atoms with E-state index in [1.165, 1.54) is 30.4 Å². The molecule has 3 fully saturated rings. The second kappa shape index (κ2) is 8.86. The molecule has 5 rings (SSSR count). The molecule has 1 spiro atoms. The van der Waals surface area contributed by atoms with Crippen LogP contribution in [0.4, 0.5) is 4.39 Å². The zero-order valence-electron chi connectivity index (χ0n) is 18.9. The standard InChI is InChI=1S/C27H33FN2O2/c1-32-22-12-8-20(9-13-22)24-18-29-26(31)27(24)14-16-30(17-15-27)25-5-3-2-4-23(25)19-6-10-21(28)11-7-19/h6-13,23-25H,2-5,14-18H2,1H3,(H,29,31). The molecule has 0 radical (unpaired) electrons. The third kappa shape index (κ3) is 3.81. The van der Waals surface area contributed by atoms with E-state index in [9.17, 15) is 9.18 Å². The third-order valence-corrected chi connectivity index (χ3v) is 8.29. The maximum atomic E-state index is 13.5. The molecule has 1 saturated carbocycles. The van der Waals surface area contributed by atoms with Gasteiger partial charge >= 0.3 is 0 Å². The Kier molecular flexibility index (Phi) is 5.93. The highest BCUT2D eigenvalue weighted by atomic mass is 19.1. The number of benzene rings is 2. The van der Waals surface area contributed by atoms with Crippen LogP contribution in [0, 0.1) is 11.2 Å². The highest BCUT2D eigenvalue weighted by Crippen LogP contribution is 2.49. The molecule has 0 aromatic heterocycles. The van der Waals surface area contributed by atoms with Gasteiger partial charge in [-0.25, -0.2) is 4.39 Å². The summed E-state index contributed by atoms with van der Waals surface area (Å²) in [7, 11) is 1.68. The number of ether oxygens (including phenoxy) is 1. The van der Waals surface area contributed by atoms with Crippen LogP contribution in [0.2, 0.25) is 0 Å². The van der Waals surface area contributed by atoms with Crippen molar-refractivity contribution in [2.45, 2.75) is 56.4 Å². The zero-order valence-corrected chi connectivity index (χ0v) is 18.9. The second-order valence-corrected chi connectivity index (χ2v) is 9.74. The van der Waals surface area contributed by atoms with E-state index in [2.05, 4.69) is 22.3 Å². The number of amides is 1. The van der Waals surface area contributed by atoms with Gasteiger partial charge in [-0.3, -0.25) is 9.69 Å². The summed E-state index contributed by atoms with van der Waals surface area (Å²) in [4.78, 5) is 15.7. The average molecular weight is 437 g/mol. The Balaban J connectivity index is 1.33. The van der Waals surface area contributed by atoms with Crippen molar-refractivity contribution in [3.8, 4) is 5.75 Å². The van der Waals surface area contributed by atoms with E-state index in [-0.39, 0.29) is 23.1 Å². The molecule has 2 aliphatic heterocycles. The number of methoxy groups -OCH3 is 1. The number of hydrogen-bond donors (Lipinski definition) is 1. The Bertz CT molecular complexity index is 935. The van der Waals surface area contributed by atoms with E-state index in [1.807, 2.05) is 24.3 Å². The second-order valence-electron chi connectivity index (χ2n) is 9.74. The molecule has 2 aromatic rings. The molecule has 1 N–H and O–H groups in total. The van der Waals surface area contributed by atoms with Crippen molar-refractivity contribution in [2.24, 2.45) is 5.41 Å². The molecule has 2 aromatic carbocycles. The van der Waals surface area contributed by atoms with Gasteiger partial charge in [0, 0.05) is 18.5 Å². The number of nitrogens with zero attached hydrogens (tertiary/aromatic N) is 1. The summed E-state index contributed by atoms with van der Waals surface area (Å²) in [6.45, 7) is 2.61. The number of rotatable bonds is 4. The normalized spacial score (nSPS) is 27.9. The predicted octanol–water partition coefficient (Wildman–Crippen LogP) is 4.86. The molecule has 1 amide bonds. The summed E-state index contributed by atoms with van der Waals surface area (Å²) in [6.07, 6.45) is 6.61. The maximum absolute atomic E-state index is 13.5. The molecule has 170 valence electrons. The van der Waals surface area contributed by atoms with Gasteiger partial charge in [0.15, 0.2) is 0 Å². The summed E-state index contributed by atoms with van der Waals surface area (Å²) in [5, 5.41) is 3.17. The molecule has 3 aliphatic rings. The molecule has 2 saturated heterocycles. The van der Waals surface area contributed by atoms with Crippen LogP contribution in [-0.4, -0.2) is 43.6 Å². The Morgan fingerprint density at radius 3 is 2.31 bits per heavy atom. The van der Waals surface area contributed by atoms with Gasteiger partial charge in [-0.15, -0.1) is 0 Å². The highest BCUT2D eigenvalue weighted by molar-refractivity contribution is 5.86. The van der Waals surface area contributed by atoms with Gasteiger partial charge < -0.3 is 10.1 Å². The third-order valence-electron chi connectivity index (χ3n) is 8.29. The van der Waals surface area contributed by atoms with E-state index in [1.54, 1.807) is 19.2 Å². The molecule has 3 atom stereocenters. The molecule has 3 unspecified atom stereocenters. The summed E-state index contributed by atoms with van der Waals surface area (Å²) in [5.74, 6) is 1.56. The first-order chi connectivity index (χ1) is 15.6. The van der Waals surface area contributed by atoms with Crippen LogP contribution >= 0.6 is 0 Å². The van der Waals surface area contributed by atoms with Crippen LogP contribution in [0.3, 0.4) is 0 Å². The van der Waals surface area contributed by atoms with Crippen molar-refractivity contribution in [1.82, 2.24) is 10.2 Å². The summed E-state index contributed by atoms with van der Waals surface area (Å²) < 4.78 is 18.8. The SMILES string of the molecule is COc1ccc(C2CNC(=O)C23CCN(C2CCCCC2c2ccc(F)cc2)CC3)cc1. The minimum absolute atomic E-state index is 0.169. The minimum atomic E-state index is -0.314. The first-order valence-corrected chi connectivity index (χ1v) is 12.0.